The van der Waals surface area contributed by atoms with Gasteiger partial charge in [-0.15, -0.1) is 0 Å². The summed E-state index contributed by atoms with van der Waals surface area (Å²) in [6.45, 7) is 3.08. The Kier molecular flexibility index (Phi) is 4.36. The van der Waals surface area contributed by atoms with Gasteiger partial charge in [0, 0.05) is 23.4 Å². The molecule has 0 bridgehead atoms. The van der Waals surface area contributed by atoms with E-state index < -0.39 is 0 Å². The van der Waals surface area contributed by atoms with Gasteiger partial charge in [0.15, 0.2) is 0 Å². The number of halogens is 2. The number of hydrogen-bond donors (Lipinski definition) is 1. The van der Waals surface area contributed by atoms with Gasteiger partial charge < -0.3 is 9.88 Å². The van der Waals surface area contributed by atoms with Crippen molar-refractivity contribution in [2.24, 2.45) is 0 Å². The van der Waals surface area contributed by atoms with Crippen LogP contribution in [0.4, 0.5) is 16.0 Å². The van der Waals surface area contributed by atoms with Crippen molar-refractivity contribution in [1.82, 2.24) is 9.55 Å². The molecule has 0 saturated carbocycles. The number of nitrogens with one attached hydrogen (secondary N) is 1. The zero-order valence-corrected chi connectivity index (χ0v) is 11.7. The first-order chi connectivity index (χ1) is 8.70. The van der Waals surface area contributed by atoms with Crippen molar-refractivity contribution in [3.63, 3.8) is 0 Å². The zero-order chi connectivity index (χ0) is 13.0. The Balaban J connectivity index is 2.15. The van der Waals surface area contributed by atoms with Crippen molar-refractivity contribution >= 4 is 27.6 Å². The Labute approximate surface area is 114 Å². The number of unbranched alkanes of at least 4 members (excludes halogenated alkanes) is 1. The van der Waals surface area contributed by atoms with E-state index in [1.165, 1.54) is 12.1 Å². The average Bonchev–Trinajstić information content (AvgIpc) is 2.77. The quantitative estimate of drug-likeness (QED) is 0.890. The van der Waals surface area contributed by atoms with Crippen LogP contribution in [0.1, 0.15) is 19.8 Å². The number of anilines is 2. The van der Waals surface area contributed by atoms with Gasteiger partial charge >= 0.3 is 0 Å². The molecule has 18 heavy (non-hydrogen) atoms. The fourth-order valence-corrected chi connectivity index (χ4v) is 2.10. The van der Waals surface area contributed by atoms with E-state index in [4.69, 9.17) is 0 Å². The standard InChI is InChI=1S/C13H15BrFN3/c1-2-3-7-18-8-6-16-13(18)17-12-5-4-10(15)9-11(12)14/h4-6,8-9H,2-3,7H2,1H3,(H,16,17). The van der Waals surface area contributed by atoms with Crippen LogP contribution >= 0.6 is 15.9 Å². The van der Waals surface area contributed by atoms with Crippen LogP contribution < -0.4 is 5.32 Å². The molecule has 1 aromatic carbocycles. The molecule has 1 heterocycles. The summed E-state index contributed by atoms with van der Waals surface area (Å²) in [5.74, 6) is 0.512. The average molecular weight is 312 g/mol. The molecule has 1 N–H and O–H groups in total. The predicted molar refractivity (Wildman–Crippen MR) is 74.5 cm³/mol. The molecule has 0 aliphatic heterocycles. The van der Waals surface area contributed by atoms with E-state index in [0.29, 0.717) is 4.47 Å². The number of rotatable bonds is 5. The lowest BCUT2D eigenvalue weighted by Crippen LogP contribution is -2.03. The Morgan fingerprint density at radius 3 is 3.00 bits per heavy atom. The first-order valence-electron chi connectivity index (χ1n) is 5.94. The van der Waals surface area contributed by atoms with Crippen molar-refractivity contribution in [2.75, 3.05) is 5.32 Å². The number of hydrogen-bond acceptors (Lipinski definition) is 2. The molecule has 2 aromatic rings. The third-order valence-electron chi connectivity index (χ3n) is 2.65. The summed E-state index contributed by atoms with van der Waals surface area (Å²) in [5.41, 5.74) is 0.806. The summed E-state index contributed by atoms with van der Waals surface area (Å²) in [7, 11) is 0. The zero-order valence-electron chi connectivity index (χ0n) is 10.2. The maximum Gasteiger partial charge on any atom is 0.207 e. The lowest BCUT2D eigenvalue weighted by atomic mass is 10.3. The van der Waals surface area contributed by atoms with Crippen molar-refractivity contribution in [1.29, 1.82) is 0 Å². The Bertz CT molecular complexity index is 525. The normalized spacial score (nSPS) is 10.6. The lowest BCUT2D eigenvalue weighted by Gasteiger charge is -2.10. The first-order valence-corrected chi connectivity index (χ1v) is 6.73. The number of nitrogens with zero attached hydrogens (tertiary/aromatic N) is 2. The summed E-state index contributed by atoms with van der Waals surface area (Å²) in [6, 6.07) is 4.55. The van der Waals surface area contributed by atoms with E-state index in [1.54, 1.807) is 12.3 Å². The minimum atomic E-state index is -0.262. The van der Waals surface area contributed by atoms with Crippen LogP contribution in [-0.4, -0.2) is 9.55 Å². The highest BCUT2D eigenvalue weighted by Crippen LogP contribution is 2.26. The first kappa shape index (κ1) is 13.1. The SMILES string of the molecule is CCCCn1ccnc1Nc1ccc(F)cc1Br. The summed E-state index contributed by atoms with van der Waals surface area (Å²) in [5, 5.41) is 3.20. The van der Waals surface area contributed by atoms with Gasteiger partial charge in [-0.2, -0.15) is 0 Å². The van der Waals surface area contributed by atoms with Crippen LogP contribution in [-0.2, 0) is 6.54 Å². The van der Waals surface area contributed by atoms with Crippen LogP contribution in [0.25, 0.3) is 0 Å². The van der Waals surface area contributed by atoms with Crippen LogP contribution in [0.5, 0.6) is 0 Å². The molecule has 0 saturated heterocycles. The monoisotopic (exact) mass is 311 g/mol. The minimum Gasteiger partial charge on any atom is -0.325 e. The predicted octanol–water partition coefficient (Wildman–Crippen LogP) is 4.33. The molecular weight excluding hydrogens is 297 g/mol. The highest BCUT2D eigenvalue weighted by molar-refractivity contribution is 9.10. The summed E-state index contributed by atoms with van der Waals surface area (Å²) in [6.07, 6.45) is 5.94. The molecule has 2 rings (SSSR count). The van der Waals surface area contributed by atoms with Crippen LogP contribution in [0.3, 0.4) is 0 Å². The minimum absolute atomic E-state index is 0.262. The summed E-state index contributed by atoms with van der Waals surface area (Å²) < 4.78 is 15.7. The largest absolute Gasteiger partial charge is 0.325 e. The van der Waals surface area contributed by atoms with Gasteiger partial charge in [-0.05, 0) is 40.5 Å². The molecule has 0 aliphatic rings. The second-order valence-electron chi connectivity index (χ2n) is 4.05. The van der Waals surface area contributed by atoms with E-state index in [2.05, 4.69) is 37.7 Å². The van der Waals surface area contributed by atoms with Crippen molar-refractivity contribution in [3.8, 4) is 0 Å². The molecule has 0 amide bonds. The van der Waals surface area contributed by atoms with E-state index in [1.807, 2.05) is 6.20 Å². The number of aryl methyl sites for hydroxylation is 1. The molecule has 0 aliphatic carbocycles. The van der Waals surface area contributed by atoms with E-state index >= 15 is 0 Å². The van der Waals surface area contributed by atoms with E-state index in [9.17, 15) is 4.39 Å². The molecular formula is C13H15BrFN3. The van der Waals surface area contributed by atoms with Gasteiger partial charge in [0.2, 0.25) is 5.95 Å². The highest BCUT2D eigenvalue weighted by atomic mass is 79.9. The second-order valence-corrected chi connectivity index (χ2v) is 4.90. The van der Waals surface area contributed by atoms with Crippen molar-refractivity contribution < 1.29 is 4.39 Å². The maximum absolute atomic E-state index is 13.0. The molecule has 96 valence electrons. The van der Waals surface area contributed by atoms with Crippen molar-refractivity contribution in [2.45, 2.75) is 26.3 Å². The molecule has 5 heteroatoms. The summed E-state index contributed by atoms with van der Waals surface area (Å²) in [4.78, 5) is 4.27. The van der Waals surface area contributed by atoms with Crippen molar-refractivity contribution in [3.05, 3.63) is 40.9 Å². The smallest absolute Gasteiger partial charge is 0.207 e. The van der Waals surface area contributed by atoms with Gasteiger partial charge in [-0.1, -0.05) is 13.3 Å². The molecule has 0 spiro atoms. The lowest BCUT2D eigenvalue weighted by molar-refractivity contribution is 0.627. The van der Waals surface area contributed by atoms with Crippen LogP contribution in [0, 0.1) is 5.82 Å². The third kappa shape index (κ3) is 3.10. The summed E-state index contributed by atoms with van der Waals surface area (Å²) >= 11 is 3.33. The number of aromatic nitrogens is 2. The Morgan fingerprint density at radius 2 is 2.28 bits per heavy atom. The van der Waals surface area contributed by atoms with Gasteiger partial charge in [-0.3, -0.25) is 0 Å². The highest BCUT2D eigenvalue weighted by Gasteiger charge is 2.06. The topological polar surface area (TPSA) is 29.9 Å². The number of benzene rings is 1. The van der Waals surface area contributed by atoms with E-state index in [0.717, 1.165) is 31.0 Å². The van der Waals surface area contributed by atoms with Crippen LogP contribution in [0.15, 0.2) is 35.1 Å². The molecule has 0 radical (unpaired) electrons. The number of imidazole rings is 1. The molecule has 0 fully saturated rings. The van der Waals surface area contributed by atoms with Gasteiger partial charge in [-0.25, -0.2) is 9.37 Å². The fraction of sp³-hybridized carbons (Fsp3) is 0.308. The Morgan fingerprint density at radius 1 is 1.44 bits per heavy atom. The fourth-order valence-electron chi connectivity index (χ4n) is 1.65. The molecule has 0 atom stereocenters. The van der Waals surface area contributed by atoms with E-state index in [-0.39, 0.29) is 5.82 Å². The Hall–Kier alpha value is -1.36. The van der Waals surface area contributed by atoms with Gasteiger partial charge in [0.25, 0.3) is 0 Å². The molecule has 3 nitrogen and oxygen atoms in total. The molecule has 0 unspecified atom stereocenters. The maximum atomic E-state index is 13.0. The third-order valence-corrected chi connectivity index (χ3v) is 3.30. The second kappa shape index (κ2) is 6.00. The van der Waals surface area contributed by atoms with Crippen LogP contribution in [0.2, 0.25) is 0 Å². The molecule has 1 aromatic heterocycles. The van der Waals surface area contributed by atoms with Gasteiger partial charge in [0.1, 0.15) is 5.82 Å². The van der Waals surface area contributed by atoms with Gasteiger partial charge in [0.05, 0.1) is 5.69 Å².